The number of rotatable bonds is 4. The molecule has 1 N–H and O–H groups in total. The van der Waals surface area contributed by atoms with Crippen LogP contribution in [0.15, 0.2) is 95.7 Å². The van der Waals surface area contributed by atoms with Gasteiger partial charge in [-0.1, -0.05) is 42.5 Å². The van der Waals surface area contributed by atoms with Crippen molar-refractivity contribution in [1.82, 2.24) is 9.97 Å². The van der Waals surface area contributed by atoms with E-state index in [1.165, 1.54) is 12.3 Å². The molecule has 0 bridgehead atoms. The Balaban J connectivity index is 1.46. The van der Waals surface area contributed by atoms with E-state index in [1.807, 2.05) is 30.3 Å². The molecule has 0 spiro atoms. The summed E-state index contributed by atoms with van der Waals surface area (Å²) >= 11 is 0. The van der Waals surface area contributed by atoms with Gasteiger partial charge in [0.25, 0.3) is 5.91 Å². The van der Waals surface area contributed by atoms with E-state index in [0.29, 0.717) is 28.1 Å². The van der Waals surface area contributed by atoms with Crippen LogP contribution in [0.3, 0.4) is 0 Å². The number of amides is 1. The molecule has 0 aliphatic rings. The Kier molecular flexibility index (Phi) is 4.72. The lowest BCUT2D eigenvalue weighted by Crippen LogP contribution is -2.13. The number of oxazole rings is 1. The molecule has 0 radical (unpaired) electrons. The minimum atomic E-state index is -0.403. The van der Waals surface area contributed by atoms with Gasteiger partial charge >= 0.3 is 0 Å². The Labute approximate surface area is 177 Å². The highest BCUT2D eigenvalue weighted by molar-refractivity contribution is 6.08. The van der Waals surface area contributed by atoms with Crippen molar-refractivity contribution in [2.75, 3.05) is 5.32 Å². The van der Waals surface area contributed by atoms with Gasteiger partial charge in [-0.25, -0.2) is 9.37 Å². The molecule has 0 fully saturated rings. The van der Waals surface area contributed by atoms with Gasteiger partial charge in [0.2, 0.25) is 5.89 Å². The number of fused-ring (bicyclic) bond motifs is 1. The van der Waals surface area contributed by atoms with Gasteiger partial charge in [-0.3, -0.25) is 9.78 Å². The molecule has 3 aromatic carbocycles. The molecule has 0 atom stereocenters. The zero-order valence-corrected chi connectivity index (χ0v) is 16.2. The number of anilines is 1. The standard InChI is InChI=1S/C25H16FN3O2/c26-21-11-5-4-10-20(21)23-15-28-25(31-23)19-9-3-2-8-18(19)24(30)29-17-13-16-7-1-6-12-22(16)27-14-17/h1-15H,(H,29,30). The number of hydrogen-bond donors (Lipinski definition) is 1. The topological polar surface area (TPSA) is 68.0 Å². The predicted molar refractivity (Wildman–Crippen MR) is 117 cm³/mol. The molecular formula is C25H16FN3O2. The Hall–Kier alpha value is -4.32. The molecule has 5 rings (SSSR count). The van der Waals surface area contributed by atoms with Gasteiger partial charge in [0.15, 0.2) is 5.76 Å². The summed E-state index contributed by atoms with van der Waals surface area (Å²) in [6, 6.07) is 22.8. The van der Waals surface area contributed by atoms with Gasteiger partial charge in [-0.05, 0) is 36.4 Å². The zero-order valence-electron chi connectivity index (χ0n) is 16.2. The van der Waals surface area contributed by atoms with Crippen molar-refractivity contribution < 1.29 is 13.6 Å². The van der Waals surface area contributed by atoms with E-state index < -0.39 is 5.82 Å². The number of hydrogen-bond acceptors (Lipinski definition) is 4. The summed E-state index contributed by atoms with van der Waals surface area (Å²) in [7, 11) is 0. The molecule has 5 aromatic rings. The number of pyridine rings is 1. The summed E-state index contributed by atoms with van der Waals surface area (Å²) in [6.45, 7) is 0. The molecule has 31 heavy (non-hydrogen) atoms. The average Bonchev–Trinajstić information content (AvgIpc) is 3.29. The highest BCUT2D eigenvalue weighted by Gasteiger charge is 2.18. The van der Waals surface area contributed by atoms with Crippen LogP contribution in [-0.4, -0.2) is 15.9 Å². The van der Waals surface area contributed by atoms with E-state index in [9.17, 15) is 9.18 Å². The number of para-hydroxylation sites is 1. The number of carbonyl (C=O) groups is 1. The van der Waals surface area contributed by atoms with Crippen LogP contribution in [-0.2, 0) is 0 Å². The quantitative estimate of drug-likeness (QED) is 0.398. The first-order valence-electron chi connectivity index (χ1n) is 9.65. The number of nitrogens with one attached hydrogen (secondary N) is 1. The van der Waals surface area contributed by atoms with Gasteiger partial charge in [0, 0.05) is 10.9 Å². The maximum atomic E-state index is 14.1. The van der Waals surface area contributed by atoms with E-state index in [1.54, 1.807) is 48.7 Å². The lowest BCUT2D eigenvalue weighted by atomic mass is 10.1. The van der Waals surface area contributed by atoms with E-state index in [-0.39, 0.29) is 11.8 Å². The van der Waals surface area contributed by atoms with Crippen molar-refractivity contribution in [2.24, 2.45) is 0 Å². The summed E-state index contributed by atoms with van der Waals surface area (Å²) in [5.74, 6) is -0.193. The molecule has 0 aliphatic heterocycles. The largest absolute Gasteiger partial charge is 0.436 e. The van der Waals surface area contributed by atoms with E-state index in [4.69, 9.17) is 4.42 Å². The maximum absolute atomic E-state index is 14.1. The van der Waals surface area contributed by atoms with Gasteiger partial charge in [0.1, 0.15) is 5.82 Å². The molecular weight excluding hydrogens is 393 g/mol. The predicted octanol–water partition coefficient (Wildman–Crippen LogP) is 5.95. The lowest BCUT2D eigenvalue weighted by Gasteiger charge is -2.09. The van der Waals surface area contributed by atoms with Crippen LogP contribution in [0.4, 0.5) is 10.1 Å². The molecule has 1 amide bonds. The molecule has 0 unspecified atom stereocenters. The van der Waals surface area contributed by atoms with Crippen molar-refractivity contribution >= 4 is 22.5 Å². The monoisotopic (exact) mass is 409 g/mol. The van der Waals surface area contributed by atoms with Gasteiger partial charge in [-0.15, -0.1) is 0 Å². The van der Waals surface area contributed by atoms with Crippen LogP contribution < -0.4 is 5.32 Å². The number of carbonyl (C=O) groups excluding carboxylic acids is 1. The fourth-order valence-corrected chi connectivity index (χ4v) is 3.39. The maximum Gasteiger partial charge on any atom is 0.256 e. The Morgan fingerprint density at radius 2 is 1.58 bits per heavy atom. The van der Waals surface area contributed by atoms with Crippen LogP contribution in [0.5, 0.6) is 0 Å². The first kappa shape index (κ1) is 18.7. The van der Waals surface area contributed by atoms with Crippen LogP contribution in [0.1, 0.15) is 10.4 Å². The fourth-order valence-electron chi connectivity index (χ4n) is 3.39. The molecule has 2 heterocycles. The minimum absolute atomic E-state index is 0.237. The normalized spacial score (nSPS) is 10.9. The lowest BCUT2D eigenvalue weighted by molar-refractivity contribution is 0.102. The van der Waals surface area contributed by atoms with Crippen LogP contribution in [0.2, 0.25) is 0 Å². The molecule has 6 heteroatoms. The van der Waals surface area contributed by atoms with Crippen LogP contribution >= 0.6 is 0 Å². The summed E-state index contributed by atoms with van der Waals surface area (Å²) in [6.07, 6.45) is 3.07. The summed E-state index contributed by atoms with van der Waals surface area (Å²) in [5.41, 5.74) is 2.64. The smallest absolute Gasteiger partial charge is 0.256 e. The zero-order chi connectivity index (χ0) is 21.2. The van der Waals surface area contributed by atoms with E-state index >= 15 is 0 Å². The van der Waals surface area contributed by atoms with Gasteiger partial charge < -0.3 is 9.73 Å². The molecule has 0 saturated carbocycles. The number of benzene rings is 3. The second-order valence-electron chi connectivity index (χ2n) is 6.93. The number of nitrogens with zero attached hydrogens (tertiary/aromatic N) is 2. The van der Waals surface area contributed by atoms with Crippen molar-refractivity contribution in [3.63, 3.8) is 0 Å². The Bertz CT molecular complexity index is 1410. The van der Waals surface area contributed by atoms with Gasteiger partial charge in [0.05, 0.1) is 34.7 Å². The number of halogens is 1. The van der Waals surface area contributed by atoms with Crippen molar-refractivity contribution in [2.45, 2.75) is 0 Å². The third-order valence-electron chi connectivity index (χ3n) is 4.90. The summed E-state index contributed by atoms with van der Waals surface area (Å²) in [5, 5.41) is 3.80. The van der Waals surface area contributed by atoms with E-state index in [0.717, 1.165) is 10.9 Å². The average molecular weight is 409 g/mol. The second-order valence-corrected chi connectivity index (χ2v) is 6.93. The SMILES string of the molecule is O=C(Nc1cnc2ccccc2c1)c1ccccc1-c1ncc(-c2ccccc2F)o1. The first-order chi connectivity index (χ1) is 15.2. The van der Waals surface area contributed by atoms with Crippen molar-refractivity contribution in [3.8, 4) is 22.8 Å². The highest BCUT2D eigenvalue weighted by Crippen LogP contribution is 2.30. The Morgan fingerprint density at radius 3 is 2.45 bits per heavy atom. The van der Waals surface area contributed by atoms with Crippen LogP contribution in [0.25, 0.3) is 33.7 Å². The third kappa shape index (κ3) is 3.67. The Morgan fingerprint density at radius 1 is 0.839 bits per heavy atom. The molecule has 150 valence electrons. The second kappa shape index (κ2) is 7.84. The molecule has 0 saturated heterocycles. The molecule has 0 aliphatic carbocycles. The number of aromatic nitrogens is 2. The summed E-state index contributed by atoms with van der Waals surface area (Å²) < 4.78 is 19.9. The van der Waals surface area contributed by atoms with E-state index in [2.05, 4.69) is 15.3 Å². The molecule has 5 nitrogen and oxygen atoms in total. The minimum Gasteiger partial charge on any atom is -0.436 e. The molecule has 2 aromatic heterocycles. The van der Waals surface area contributed by atoms with Gasteiger partial charge in [-0.2, -0.15) is 0 Å². The first-order valence-corrected chi connectivity index (χ1v) is 9.65. The third-order valence-corrected chi connectivity index (χ3v) is 4.90. The van der Waals surface area contributed by atoms with Crippen molar-refractivity contribution in [1.29, 1.82) is 0 Å². The van der Waals surface area contributed by atoms with Crippen molar-refractivity contribution in [3.05, 3.63) is 103 Å². The summed E-state index contributed by atoms with van der Waals surface area (Å²) in [4.78, 5) is 21.6. The van der Waals surface area contributed by atoms with Crippen LogP contribution in [0, 0.1) is 5.82 Å². The highest BCUT2D eigenvalue weighted by atomic mass is 19.1. The fraction of sp³-hybridized carbons (Fsp3) is 0.